The number of rotatable bonds is 5. The molecule has 1 aromatic rings. The second-order valence-corrected chi connectivity index (χ2v) is 3.38. The lowest BCUT2D eigenvalue weighted by Gasteiger charge is -2.13. The first-order valence-corrected chi connectivity index (χ1v) is 5.00. The fourth-order valence-corrected chi connectivity index (χ4v) is 1.29. The number of hydrogen-bond donors (Lipinski definition) is 1. The first-order chi connectivity index (χ1) is 8.02. The predicted octanol–water partition coefficient (Wildman–Crippen LogP) is 2.65. The quantitative estimate of drug-likeness (QED) is 0.805. The number of amides is 1. The molecule has 1 aromatic carbocycles. The van der Waals surface area contributed by atoms with Crippen LogP contribution in [0.25, 0.3) is 0 Å². The van der Waals surface area contributed by atoms with Gasteiger partial charge in [0.25, 0.3) is 0 Å². The Morgan fingerprint density at radius 3 is 2.47 bits per heavy atom. The molecule has 0 unspecified atom stereocenters. The summed E-state index contributed by atoms with van der Waals surface area (Å²) in [4.78, 5) is 11.1. The molecule has 0 saturated heterocycles. The smallest absolute Gasteiger partial charge is 0.387 e. The van der Waals surface area contributed by atoms with Crippen molar-refractivity contribution in [3.63, 3.8) is 0 Å². The van der Waals surface area contributed by atoms with Crippen LogP contribution in [0.1, 0.15) is 18.5 Å². The first-order valence-electron chi connectivity index (χ1n) is 5.00. The number of ether oxygens (including phenoxy) is 1. The van der Waals surface area contributed by atoms with E-state index in [1.807, 2.05) is 0 Å². The number of benzene rings is 1. The summed E-state index contributed by atoms with van der Waals surface area (Å²) in [6, 6.07) is 5.87. The SMILES string of the molecule is C=CC(=O)N[C@@H](C)c1ccc(OC(F)F)cc1. The van der Waals surface area contributed by atoms with Crippen LogP contribution in [0.2, 0.25) is 0 Å². The van der Waals surface area contributed by atoms with Crippen LogP contribution in [0, 0.1) is 0 Å². The van der Waals surface area contributed by atoms with Crippen LogP contribution in [0.15, 0.2) is 36.9 Å². The minimum atomic E-state index is -2.83. The summed E-state index contributed by atoms with van der Waals surface area (Å²) >= 11 is 0. The Balaban J connectivity index is 2.66. The first kappa shape index (κ1) is 13.2. The molecule has 0 heterocycles. The monoisotopic (exact) mass is 241 g/mol. The molecule has 0 aliphatic rings. The summed E-state index contributed by atoms with van der Waals surface area (Å²) in [5.74, 6) is -0.198. The van der Waals surface area contributed by atoms with Gasteiger partial charge in [0.2, 0.25) is 5.91 Å². The van der Waals surface area contributed by atoms with Crippen LogP contribution in [0.3, 0.4) is 0 Å². The summed E-state index contributed by atoms with van der Waals surface area (Å²) in [6.45, 7) is 2.29. The average molecular weight is 241 g/mol. The molecule has 0 aliphatic carbocycles. The van der Waals surface area contributed by atoms with Gasteiger partial charge in [0.1, 0.15) is 5.75 Å². The van der Waals surface area contributed by atoms with Crippen molar-refractivity contribution in [2.75, 3.05) is 0 Å². The molecule has 0 fully saturated rings. The molecular weight excluding hydrogens is 228 g/mol. The minimum Gasteiger partial charge on any atom is -0.435 e. The number of carbonyl (C=O) groups is 1. The highest BCUT2D eigenvalue weighted by Gasteiger charge is 2.08. The van der Waals surface area contributed by atoms with Crippen LogP contribution in [-0.2, 0) is 4.79 Å². The van der Waals surface area contributed by atoms with Crippen LogP contribution < -0.4 is 10.1 Å². The van der Waals surface area contributed by atoms with Crippen molar-refractivity contribution < 1.29 is 18.3 Å². The van der Waals surface area contributed by atoms with Crippen LogP contribution in [0.4, 0.5) is 8.78 Å². The Hall–Kier alpha value is -1.91. The van der Waals surface area contributed by atoms with E-state index < -0.39 is 6.61 Å². The molecule has 0 radical (unpaired) electrons. The molecule has 17 heavy (non-hydrogen) atoms. The molecule has 0 aromatic heterocycles. The minimum absolute atomic E-state index is 0.0889. The van der Waals surface area contributed by atoms with E-state index in [0.717, 1.165) is 5.56 Å². The van der Waals surface area contributed by atoms with E-state index in [9.17, 15) is 13.6 Å². The van der Waals surface area contributed by atoms with E-state index in [4.69, 9.17) is 0 Å². The van der Waals surface area contributed by atoms with Crippen molar-refractivity contribution in [1.29, 1.82) is 0 Å². The molecule has 1 atom stereocenters. The number of hydrogen-bond acceptors (Lipinski definition) is 2. The third kappa shape index (κ3) is 4.22. The fourth-order valence-electron chi connectivity index (χ4n) is 1.29. The van der Waals surface area contributed by atoms with Crippen molar-refractivity contribution >= 4 is 5.91 Å². The molecule has 92 valence electrons. The maximum absolute atomic E-state index is 11.9. The molecule has 1 amide bonds. The fraction of sp³-hybridized carbons (Fsp3) is 0.250. The van der Waals surface area contributed by atoms with Gasteiger partial charge in [0, 0.05) is 0 Å². The van der Waals surface area contributed by atoms with Gasteiger partial charge in [-0.1, -0.05) is 18.7 Å². The van der Waals surface area contributed by atoms with Crippen LogP contribution in [-0.4, -0.2) is 12.5 Å². The molecule has 0 saturated carbocycles. The molecular formula is C12H13F2NO2. The Morgan fingerprint density at radius 2 is 2.00 bits per heavy atom. The van der Waals surface area contributed by atoms with Crippen LogP contribution >= 0.6 is 0 Å². The molecule has 1 N–H and O–H groups in total. The molecule has 1 rings (SSSR count). The highest BCUT2D eigenvalue weighted by atomic mass is 19.3. The van der Waals surface area contributed by atoms with Crippen molar-refractivity contribution in [1.82, 2.24) is 5.32 Å². The Labute approximate surface area is 98.1 Å². The number of nitrogens with one attached hydrogen (secondary N) is 1. The maximum atomic E-state index is 11.9. The summed E-state index contributed by atoms with van der Waals surface area (Å²) < 4.78 is 28.0. The third-order valence-electron chi connectivity index (χ3n) is 2.15. The van der Waals surface area contributed by atoms with Gasteiger partial charge in [-0.15, -0.1) is 0 Å². The van der Waals surface area contributed by atoms with Gasteiger partial charge in [-0.25, -0.2) is 0 Å². The van der Waals surface area contributed by atoms with Gasteiger partial charge in [0.05, 0.1) is 6.04 Å². The van der Waals surface area contributed by atoms with Crippen molar-refractivity contribution in [2.45, 2.75) is 19.6 Å². The number of alkyl halides is 2. The lowest BCUT2D eigenvalue weighted by molar-refractivity contribution is -0.117. The molecule has 5 heteroatoms. The van der Waals surface area contributed by atoms with E-state index in [0.29, 0.717) is 0 Å². The van der Waals surface area contributed by atoms with E-state index in [1.54, 1.807) is 19.1 Å². The highest BCUT2D eigenvalue weighted by molar-refractivity contribution is 5.87. The predicted molar refractivity (Wildman–Crippen MR) is 59.8 cm³/mol. The lowest BCUT2D eigenvalue weighted by atomic mass is 10.1. The van der Waals surface area contributed by atoms with Crippen LogP contribution in [0.5, 0.6) is 5.75 Å². The normalized spacial score (nSPS) is 12.0. The topological polar surface area (TPSA) is 38.3 Å². The Kier molecular flexibility index (Phi) is 4.63. The van der Waals surface area contributed by atoms with Crippen molar-refractivity contribution in [3.05, 3.63) is 42.5 Å². The second-order valence-electron chi connectivity index (χ2n) is 3.38. The lowest BCUT2D eigenvalue weighted by Crippen LogP contribution is -2.24. The largest absolute Gasteiger partial charge is 0.435 e. The zero-order chi connectivity index (χ0) is 12.8. The average Bonchev–Trinajstić information content (AvgIpc) is 2.28. The summed E-state index contributed by atoms with van der Waals surface area (Å²) in [5, 5.41) is 2.66. The van der Waals surface area contributed by atoms with E-state index in [-0.39, 0.29) is 17.7 Å². The highest BCUT2D eigenvalue weighted by Crippen LogP contribution is 2.18. The van der Waals surface area contributed by atoms with Gasteiger partial charge >= 0.3 is 6.61 Å². The summed E-state index contributed by atoms with van der Waals surface area (Å²) in [7, 11) is 0. The van der Waals surface area contributed by atoms with Crippen molar-refractivity contribution in [3.8, 4) is 5.75 Å². The standard InChI is InChI=1S/C12H13F2NO2/c1-3-11(16)15-8(2)9-4-6-10(7-5-9)17-12(13)14/h3-8,12H,1H2,2H3,(H,15,16)/t8-/m0/s1. The Morgan fingerprint density at radius 1 is 1.41 bits per heavy atom. The van der Waals surface area contributed by atoms with E-state index in [2.05, 4.69) is 16.6 Å². The van der Waals surface area contributed by atoms with E-state index >= 15 is 0 Å². The van der Waals surface area contributed by atoms with E-state index in [1.165, 1.54) is 18.2 Å². The zero-order valence-electron chi connectivity index (χ0n) is 9.32. The molecule has 0 aliphatic heterocycles. The molecule has 0 bridgehead atoms. The van der Waals surface area contributed by atoms with Crippen molar-refractivity contribution in [2.24, 2.45) is 0 Å². The second kappa shape index (κ2) is 5.98. The molecule has 3 nitrogen and oxygen atoms in total. The number of carbonyl (C=O) groups excluding carboxylic acids is 1. The maximum Gasteiger partial charge on any atom is 0.387 e. The summed E-state index contributed by atoms with van der Waals surface area (Å²) in [6.07, 6.45) is 1.17. The van der Waals surface area contributed by atoms with Gasteiger partial charge in [-0.3, -0.25) is 4.79 Å². The van der Waals surface area contributed by atoms with Gasteiger partial charge in [-0.2, -0.15) is 8.78 Å². The molecule has 0 spiro atoms. The number of halogens is 2. The van der Waals surface area contributed by atoms with Gasteiger partial charge in [0.15, 0.2) is 0 Å². The van der Waals surface area contributed by atoms with Gasteiger partial charge in [-0.05, 0) is 30.7 Å². The third-order valence-corrected chi connectivity index (χ3v) is 2.15. The Bertz CT molecular complexity index is 390. The summed E-state index contributed by atoms with van der Waals surface area (Å²) in [5.41, 5.74) is 0.793. The zero-order valence-corrected chi connectivity index (χ0v) is 9.32. The van der Waals surface area contributed by atoms with Gasteiger partial charge < -0.3 is 10.1 Å².